The van der Waals surface area contributed by atoms with Gasteiger partial charge in [0.05, 0.1) is 32.8 Å². The highest BCUT2D eigenvalue weighted by Crippen LogP contribution is 2.48. The Balaban J connectivity index is 1.02. The lowest BCUT2D eigenvalue weighted by Crippen LogP contribution is -2.41. The molecule has 1 aliphatic carbocycles. The smallest absolute Gasteiger partial charge is 0.324 e. The van der Waals surface area contributed by atoms with Gasteiger partial charge in [0, 0.05) is 32.1 Å². The Bertz CT molecular complexity index is 1030. The van der Waals surface area contributed by atoms with E-state index in [-0.39, 0.29) is 24.1 Å². The minimum Gasteiger partial charge on any atom is -0.378 e. The zero-order valence-electron chi connectivity index (χ0n) is 21.3. The molecule has 8 nitrogen and oxygen atoms in total. The number of hydrogen-bond acceptors (Lipinski definition) is 7. The Morgan fingerprint density at radius 2 is 1.97 bits per heavy atom. The molecule has 36 heavy (non-hydrogen) atoms. The van der Waals surface area contributed by atoms with E-state index in [2.05, 4.69) is 28.9 Å². The number of morpholine rings is 1. The predicted octanol–water partition coefficient (Wildman–Crippen LogP) is 3.80. The van der Waals surface area contributed by atoms with Crippen molar-refractivity contribution in [2.24, 2.45) is 17.8 Å². The first-order valence-electron chi connectivity index (χ1n) is 13.3. The molecule has 2 aromatic rings. The number of amides is 1. The van der Waals surface area contributed by atoms with Gasteiger partial charge in [-0.05, 0) is 54.2 Å². The number of ether oxygens (including phenoxy) is 2. The number of rotatable bonds is 9. The van der Waals surface area contributed by atoms with Crippen LogP contribution in [0, 0.1) is 23.6 Å². The highest BCUT2D eigenvalue weighted by atomic mass is 19.1. The van der Waals surface area contributed by atoms with E-state index in [4.69, 9.17) is 14.0 Å². The molecule has 9 heteroatoms. The maximum Gasteiger partial charge on any atom is 0.324 e. The van der Waals surface area contributed by atoms with Crippen LogP contribution in [0.5, 0.6) is 0 Å². The molecule has 1 amide bonds. The number of carbonyl (C=O) groups is 1. The second-order valence-corrected chi connectivity index (χ2v) is 10.7. The van der Waals surface area contributed by atoms with Crippen LogP contribution in [-0.2, 0) is 27.3 Å². The molecule has 2 saturated heterocycles. The summed E-state index contributed by atoms with van der Waals surface area (Å²) in [7, 11) is 0. The van der Waals surface area contributed by atoms with Crippen molar-refractivity contribution in [2.45, 2.75) is 52.1 Å². The van der Waals surface area contributed by atoms with Crippen LogP contribution >= 0.6 is 0 Å². The van der Waals surface area contributed by atoms with Crippen molar-refractivity contribution in [2.75, 3.05) is 50.9 Å². The zero-order valence-corrected chi connectivity index (χ0v) is 21.3. The number of nitrogens with zero attached hydrogens (tertiary/aromatic N) is 4. The molecule has 2 aliphatic heterocycles. The fourth-order valence-corrected chi connectivity index (χ4v) is 5.39. The fraction of sp³-hybridized carbons (Fsp3) is 0.667. The van der Waals surface area contributed by atoms with Gasteiger partial charge in [-0.15, -0.1) is 0 Å². The minimum atomic E-state index is -0.337. The van der Waals surface area contributed by atoms with Gasteiger partial charge >= 0.3 is 6.01 Å². The summed E-state index contributed by atoms with van der Waals surface area (Å²) in [4.78, 5) is 20.9. The van der Waals surface area contributed by atoms with Gasteiger partial charge in [0.15, 0.2) is 5.82 Å². The lowest BCUT2D eigenvalue weighted by molar-refractivity contribution is -0.134. The van der Waals surface area contributed by atoms with Crippen LogP contribution in [0.2, 0.25) is 0 Å². The molecule has 196 valence electrons. The maximum absolute atomic E-state index is 14.6. The molecule has 3 fully saturated rings. The third-order valence-electron chi connectivity index (χ3n) is 7.76. The molecule has 2 atom stereocenters. The minimum absolute atomic E-state index is 0.0517. The van der Waals surface area contributed by atoms with E-state index < -0.39 is 0 Å². The number of anilines is 1. The number of hydrogen-bond donors (Lipinski definition) is 0. The molecule has 0 N–H and O–H groups in total. The molecule has 1 aromatic carbocycles. The van der Waals surface area contributed by atoms with E-state index in [0.717, 1.165) is 37.3 Å². The number of benzene rings is 1. The zero-order chi connectivity index (χ0) is 25.1. The van der Waals surface area contributed by atoms with E-state index >= 15 is 0 Å². The summed E-state index contributed by atoms with van der Waals surface area (Å²) in [5.74, 6) is 2.66. The van der Waals surface area contributed by atoms with Crippen LogP contribution in [0.4, 0.5) is 10.4 Å². The van der Waals surface area contributed by atoms with Crippen molar-refractivity contribution in [3.05, 3.63) is 41.0 Å². The molecule has 0 radical (unpaired) electrons. The summed E-state index contributed by atoms with van der Waals surface area (Å²) in [6, 6.07) is 5.74. The summed E-state index contributed by atoms with van der Waals surface area (Å²) in [5, 5.41) is 4.08. The van der Waals surface area contributed by atoms with Gasteiger partial charge in [-0.1, -0.05) is 31.1 Å². The molecule has 0 spiro atoms. The molecule has 3 heterocycles. The summed E-state index contributed by atoms with van der Waals surface area (Å²) in [6.07, 6.45) is 3.56. The largest absolute Gasteiger partial charge is 0.378 e. The van der Waals surface area contributed by atoms with Crippen LogP contribution in [-0.4, -0.2) is 66.9 Å². The highest BCUT2D eigenvalue weighted by molar-refractivity contribution is 5.79. The van der Waals surface area contributed by atoms with E-state index in [0.29, 0.717) is 68.8 Å². The normalized spacial score (nSPS) is 22.9. The van der Waals surface area contributed by atoms with Gasteiger partial charge in [0.2, 0.25) is 5.91 Å². The van der Waals surface area contributed by atoms with E-state index in [1.165, 1.54) is 12.5 Å². The predicted molar refractivity (Wildman–Crippen MR) is 132 cm³/mol. The third-order valence-corrected chi connectivity index (χ3v) is 7.76. The average Bonchev–Trinajstić information content (AvgIpc) is 3.48. The molecule has 2 unspecified atom stereocenters. The molecule has 0 bridgehead atoms. The summed E-state index contributed by atoms with van der Waals surface area (Å²) in [5.41, 5.74) is 1.24. The fourth-order valence-electron chi connectivity index (χ4n) is 5.39. The van der Waals surface area contributed by atoms with E-state index in [9.17, 15) is 9.18 Å². The third kappa shape index (κ3) is 6.06. The highest BCUT2D eigenvalue weighted by Gasteiger charge is 2.43. The monoisotopic (exact) mass is 500 g/mol. The van der Waals surface area contributed by atoms with Gasteiger partial charge in [0.25, 0.3) is 0 Å². The Hall–Kier alpha value is -2.52. The van der Waals surface area contributed by atoms with Crippen LogP contribution in [0.3, 0.4) is 0 Å². The molecular weight excluding hydrogens is 463 g/mol. The summed E-state index contributed by atoms with van der Waals surface area (Å²) < 4.78 is 31.3. The first-order valence-corrected chi connectivity index (χ1v) is 13.3. The number of halogens is 1. The van der Waals surface area contributed by atoms with Crippen molar-refractivity contribution in [1.29, 1.82) is 0 Å². The van der Waals surface area contributed by atoms with Gasteiger partial charge in [-0.2, -0.15) is 4.98 Å². The molecule has 1 saturated carbocycles. The van der Waals surface area contributed by atoms with Crippen LogP contribution in [0.1, 0.15) is 56.0 Å². The SMILES string of the molecule is CC(C)c1noc(N2CCC(C3CC3COCc3ccc(CC(=O)N4CCOCC4)c(F)c3)CC2)n1. The standard InChI is InChI=1S/C27H37FN4O4/c1-18(2)26-29-27(36-30-26)32-7-5-20(6-8-32)23-14-22(23)17-35-16-19-3-4-21(24(28)13-19)15-25(33)31-9-11-34-12-10-31/h3-4,13,18,20,22-23H,5-12,14-17H2,1-2H3. The Morgan fingerprint density at radius 1 is 1.19 bits per heavy atom. The van der Waals surface area contributed by atoms with Crippen LogP contribution < -0.4 is 4.90 Å². The Morgan fingerprint density at radius 3 is 2.67 bits per heavy atom. The maximum atomic E-state index is 14.6. The average molecular weight is 501 g/mol. The Labute approximate surface area is 212 Å². The summed E-state index contributed by atoms with van der Waals surface area (Å²) >= 11 is 0. The lowest BCUT2D eigenvalue weighted by Gasteiger charge is -2.30. The number of piperidine rings is 1. The number of aromatic nitrogens is 2. The molecule has 3 aliphatic rings. The summed E-state index contributed by atoms with van der Waals surface area (Å²) in [6.45, 7) is 9.39. The molecular formula is C27H37FN4O4. The van der Waals surface area contributed by atoms with Gasteiger partial charge in [-0.3, -0.25) is 4.79 Å². The van der Waals surface area contributed by atoms with Crippen LogP contribution in [0.25, 0.3) is 0 Å². The van der Waals surface area contributed by atoms with Crippen molar-refractivity contribution in [3.63, 3.8) is 0 Å². The number of carbonyl (C=O) groups excluding carboxylic acids is 1. The van der Waals surface area contributed by atoms with Crippen molar-refractivity contribution >= 4 is 11.9 Å². The van der Waals surface area contributed by atoms with Gasteiger partial charge < -0.3 is 23.8 Å². The van der Waals surface area contributed by atoms with E-state index in [1.54, 1.807) is 11.0 Å². The van der Waals surface area contributed by atoms with Gasteiger partial charge in [-0.25, -0.2) is 4.39 Å². The van der Waals surface area contributed by atoms with E-state index in [1.807, 2.05) is 6.07 Å². The first kappa shape index (κ1) is 25.1. The second-order valence-electron chi connectivity index (χ2n) is 10.7. The quantitative estimate of drug-likeness (QED) is 0.518. The van der Waals surface area contributed by atoms with Crippen molar-refractivity contribution in [3.8, 4) is 0 Å². The molecule has 1 aromatic heterocycles. The second kappa shape index (κ2) is 11.3. The molecule has 5 rings (SSSR count). The topological polar surface area (TPSA) is 80.9 Å². The van der Waals surface area contributed by atoms with Crippen molar-refractivity contribution in [1.82, 2.24) is 15.0 Å². The van der Waals surface area contributed by atoms with Crippen molar-refractivity contribution < 1.29 is 23.2 Å². The van der Waals surface area contributed by atoms with Crippen LogP contribution in [0.15, 0.2) is 22.7 Å². The Kier molecular flexibility index (Phi) is 7.86. The first-order chi connectivity index (χ1) is 17.5. The lowest BCUT2D eigenvalue weighted by atomic mass is 9.91. The van der Waals surface area contributed by atoms with Gasteiger partial charge in [0.1, 0.15) is 5.82 Å².